The van der Waals surface area contributed by atoms with Gasteiger partial charge in [-0.2, -0.15) is 0 Å². The topological polar surface area (TPSA) is 99.0 Å². The molecule has 0 spiro atoms. The highest BCUT2D eigenvalue weighted by molar-refractivity contribution is 5.73. The zero-order valence-corrected chi connectivity index (χ0v) is 7.75. The quantitative estimate of drug-likeness (QED) is 0.408. The molecular formula is C8H14NO5. The van der Waals surface area contributed by atoms with Gasteiger partial charge in [0.05, 0.1) is 12.6 Å². The maximum Gasteiger partial charge on any atom is 0.217 e. The third-order valence-corrected chi connectivity index (χ3v) is 2.05. The van der Waals surface area contributed by atoms with Crippen LogP contribution in [0.4, 0.5) is 0 Å². The van der Waals surface area contributed by atoms with Crippen LogP contribution in [-0.4, -0.2) is 52.2 Å². The summed E-state index contributed by atoms with van der Waals surface area (Å²) < 4.78 is 4.92. The van der Waals surface area contributed by atoms with Gasteiger partial charge in [0, 0.05) is 6.92 Å². The van der Waals surface area contributed by atoms with Gasteiger partial charge in [-0.3, -0.25) is 4.79 Å². The fraction of sp³-hybridized carbons (Fsp3) is 0.750. The minimum absolute atomic E-state index is 0.330. The Balaban J connectivity index is 2.54. The van der Waals surface area contributed by atoms with Crippen molar-refractivity contribution in [2.24, 2.45) is 0 Å². The van der Waals surface area contributed by atoms with Crippen LogP contribution in [-0.2, 0) is 9.53 Å². The first kappa shape index (κ1) is 11.4. The molecule has 1 heterocycles. The molecule has 1 rings (SSSR count). The molecule has 6 heteroatoms. The Labute approximate surface area is 81.5 Å². The Kier molecular flexibility index (Phi) is 3.82. The zero-order chi connectivity index (χ0) is 10.7. The number of ether oxygens (including phenoxy) is 1. The summed E-state index contributed by atoms with van der Waals surface area (Å²) in [7, 11) is 0. The molecule has 0 aromatic carbocycles. The van der Waals surface area contributed by atoms with Crippen LogP contribution in [0, 0.1) is 6.61 Å². The lowest BCUT2D eigenvalue weighted by molar-refractivity contribution is -0.144. The van der Waals surface area contributed by atoms with Crippen LogP contribution in [0.3, 0.4) is 0 Å². The molecule has 0 unspecified atom stereocenters. The number of carbonyl (C=O) groups excluding carboxylic acids is 1. The fourth-order valence-corrected chi connectivity index (χ4v) is 1.28. The molecule has 1 aliphatic rings. The van der Waals surface area contributed by atoms with E-state index >= 15 is 0 Å². The van der Waals surface area contributed by atoms with Crippen molar-refractivity contribution in [3.8, 4) is 0 Å². The van der Waals surface area contributed by atoms with E-state index in [1.807, 2.05) is 0 Å². The number of carbonyl (C=O) groups is 1. The van der Waals surface area contributed by atoms with E-state index in [1.54, 1.807) is 0 Å². The lowest BCUT2D eigenvalue weighted by Crippen LogP contribution is -2.57. The van der Waals surface area contributed by atoms with Crippen LogP contribution in [0.15, 0.2) is 0 Å². The summed E-state index contributed by atoms with van der Waals surface area (Å²) in [6, 6.07) is -0.745. The van der Waals surface area contributed by atoms with Gasteiger partial charge in [0.2, 0.25) is 5.91 Å². The number of aliphatic hydroxyl groups is 3. The van der Waals surface area contributed by atoms with Gasteiger partial charge in [-0.15, -0.1) is 0 Å². The lowest BCUT2D eigenvalue weighted by Gasteiger charge is -2.36. The van der Waals surface area contributed by atoms with Gasteiger partial charge < -0.3 is 25.4 Å². The zero-order valence-electron chi connectivity index (χ0n) is 7.75. The maximum atomic E-state index is 10.7. The summed E-state index contributed by atoms with van der Waals surface area (Å²) in [5.74, 6) is -0.330. The predicted octanol–water partition coefficient (Wildman–Crippen LogP) is -2.23. The largest absolute Gasteiger partial charge is 0.394 e. The van der Waals surface area contributed by atoms with Crippen molar-refractivity contribution in [1.82, 2.24) is 5.32 Å². The average molecular weight is 204 g/mol. The highest BCUT2D eigenvalue weighted by Crippen LogP contribution is 2.17. The Bertz CT molecular complexity index is 210. The first-order valence-corrected chi connectivity index (χ1v) is 4.29. The molecule has 1 amide bonds. The molecule has 4 N–H and O–H groups in total. The first-order valence-electron chi connectivity index (χ1n) is 4.29. The van der Waals surface area contributed by atoms with Crippen LogP contribution in [0.5, 0.6) is 0 Å². The highest BCUT2D eigenvalue weighted by atomic mass is 16.5. The molecule has 0 bridgehead atoms. The van der Waals surface area contributed by atoms with Gasteiger partial charge in [-0.1, -0.05) is 0 Å². The standard InChI is InChI=1S/C8H14NO5/c1-4(11)9-5-3-14-6(2-10)8(13)7(5)12/h3,5-8,10,12-13H,2H2,1H3,(H,9,11)/t5-,6+,7+,8-/m0/s1. The van der Waals surface area contributed by atoms with Gasteiger partial charge in [-0.25, -0.2) is 0 Å². The molecule has 1 radical (unpaired) electrons. The van der Waals surface area contributed by atoms with Crippen molar-refractivity contribution in [3.63, 3.8) is 0 Å². The van der Waals surface area contributed by atoms with Crippen molar-refractivity contribution >= 4 is 5.91 Å². The lowest BCUT2D eigenvalue weighted by atomic mass is 9.98. The second-order valence-electron chi connectivity index (χ2n) is 3.20. The summed E-state index contributed by atoms with van der Waals surface area (Å²) in [6.07, 6.45) is -3.21. The number of hydrogen-bond acceptors (Lipinski definition) is 5. The normalized spacial score (nSPS) is 38.0. The van der Waals surface area contributed by atoms with E-state index in [0.717, 1.165) is 0 Å². The molecule has 14 heavy (non-hydrogen) atoms. The van der Waals surface area contributed by atoms with E-state index in [2.05, 4.69) is 5.32 Å². The predicted molar refractivity (Wildman–Crippen MR) is 45.9 cm³/mol. The van der Waals surface area contributed by atoms with E-state index in [-0.39, 0.29) is 12.5 Å². The minimum atomic E-state index is -1.21. The third kappa shape index (κ3) is 2.42. The molecule has 1 aliphatic heterocycles. The van der Waals surface area contributed by atoms with Gasteiger partial charge in [-0.05, 0) is 0 Å². The first-order chi connectivity index (χ1) is 6.56. The van der Waals surface area contributed by atoms with E-state index in [9.17, 15) is 15.0 Å². The molecule has 0 aliphatic carbocycles. The number of nitrogens with one attached hydrogen (secondary N) is 1. The van der Waals surface area contributed by atoms with Gasteiger partial charge in [0.15, 0.2) is 0 Å². The van der Waals surface area contributed by atoms with Gasteiger partial charge in [0.25, 0.3) is 0 Å². The Morgan fingerprint density at radius 1 is 1.50 bits per heavy atom. The third-order valence-electron chi connectivity index (χ3n) is 2.05. The molecular weight excluding hydrogens is 190 g/mol. The van der Waals surface area contributed by atoms with E-state index < -0.39 is 24.4 Å². The van der Waals surface area contributed by atoms with E-state index in [4.69, 9.17) is 9.84 Å². The van der Waals surface area contributed by atoms with Crippen LogP contribution >= 0.6 is 0 Å². The molecule has 0 saturated carbocycles. The monoisotopic (exact) mass is 204 g/mol. The van der Waals surface area contributed by atoms with Crippen molar-refractivity contribution in [2.75, 3.05) is 6.61 Å². The number of rotatable bonds is 2. The molecule has 81 valence electrons. The average Bonchev–Trinajstić information content (AvgIpc) is 2.13. The molecule has 0 aromatic heterocycles. The SMILES string of the molecule is CC(=O)N[C@H]1[CH]O[C@H](CO)[C@H](O)[C@@H]1O. The van der Waals surface area contributed by atoms with Gasteiger partial charge in [0.1, 0.15) is 24.9 Å². The fourth-order valence-electron chi connectivity index (χ4n) is 1.28. The van der Waals surface area contributed by atoms with Crippen LogP contribution in [0.1, 0.15) is 6.92 Å². The second-order valence-corrected chi connectivity index (χ2v) is 3.20. The van der Waals surface area contributed by atoms with E-state index in [0.29, 0.717) is 0 Å². The number of aliphatic hydroxyl groups excluding tert-OH is 3. The molecule has 4 atom stereocenters. The summed E-state index contributed by atoms with van der Waals surface area (Å²) in [4.78, 5) is 10.7. The summed E-state index contributed by atoms with van der Waals surface area (Å²) in [5, 5.41) is 30.1. The van der Waals surface area contributed by atoms with Crippen molar-refractivity contribution in [3.05, 3.63) is 6.61 Å². The Morgan fingerprint density at radius 3 is 2.64 bits per heavy atom. The molecule has 1 fully saturated rings. The smallest absolute Gasteiger partial charge is 0.217 e. The van der Waals surface area contributed by atoms with E-state index in [1.165, 1.54) is 13.5 Å². The van der Waals surface area contributed by atoms with Crippen LogP contribution < -0.4 is 5.32 Å². The number of amides is 1. The highest BCUT2D eigenvalue weighted by Gasteiger charge is 2.38. The minimum Gasteiger partial charge on any atom is -0.394 e. The summed E-state index contributed by atoms with van der Waals surface area (Å²) in [5.41, 5.74) is 0. The Morgan fingerprint density at radius 2 is 2.14 bits per heavy atom. The van der Waals surface area contributed by atoms with Crippen LogP contribution in [0.25, 0.3) is 0 Å². The van der Waals surface area contributed by atoms with Crippen molar-refractivity contribution < 1.29 is 24.9 Å². The van der Waals surface area contributed by atoms with Crippen molar-refractivity contribution in [2.45, 2.75) is 31.3 Å². The molecule has 1 saturated heterocycles. The number of hydrogen-bond donors (Lipinski definition) is 4. The second kappa shape index (κ2) is 4.70. The molecule has 6 nitrogen and oxygen atoms in total. The maximum absolute atomic E-state index is 10.7. The summed E-state index contributed by atoms with van der Waals surface area (Å²) in [6.45, 7) is 2.12. The summed E-state index contributed by atoms with van der Waals surface area (Å²) >= 11 is 0. The van der Waals surface area contributed by atoms with Crippen molar-refractivity contribution in [1.29, 1.82) is 0 Å². The van der Waals surface area contributed by atoms with Gasteiger partial charge >= 0.3 is 0 Å². The van der Waals surface area contributed by atoms with Crippen LogP contribution in [0.2, 0.25) is 0 Å². The molecule has 0 aromatic rings. The Hall–Kier alpha value is -0.690.